The van der Waals surface area contributed by atoms with Crippen LogP contribution in [-0.4, -0.2) is 26.6 Å². The number of carbonyl (C=O) groups excluding carboxylic acids is 1. The highest BCUT2D eigenvalue weighted by molar-refractivity contribution is 5.94. The fourth-order valence-electron chi connectivity index (χ4n) is 1.91. The van der Waals surface area contributed by atoms with E-state index in [0.29, 0.717) is 5.69 Å². The standard InChI is InChI=1S/C13H17N5O3.2ClH/c1-7(5-14)11(19)16-8-4-9-10(15-6-8)17(2)13(21)18(3)12(9)20;;/h4,6-7H,5,14H2,1-3H3,(H,16,19);2*1H. The lowest BCUT2D eigenvalue weighted by Crippen LogP contribution is -2.37. The number of anilines is 1. The van der Waals surface area contributed by atoms with E-state index in [4.69, 9.17) is 5.73 Å². The summed E-state index contributed by atoms with van der Waals surface area (Å²) in [6, 6.07) is 1.51. The lowest BCUT2D eigenvalue weighted by Gasteiger charge is -2.11. The zero-order chi connectivity index (χ0) is 15.7. The first-order valence-corrected chi connectivity index (χ1v) is 6.43. The van der Waals surface area contributed by atoms with Gasteiger partial charge in [-0.2, -0.15) is 0 Å². The van der Waals surface area contributed by atoms with Crippen molar-refractivity contribution in [2.24, 2.45) is 25.7 Å². The molecule has 0 fully saturated rings. The Bertz CT molecular complexity index is 831. The molecule has 1 amide bonds. The quantitative estimate of drug-likeness (QED) is 0.797. The average Bonchev–Trinajstić information content (AvgIpc) is 2.49. The van der Waals surface area contributed by atoms with Crippen LogP contribution in [0, 0.1) is 5.92 Å². The molecule has 8 nitrogen and oxygen atoms in total. The highest BCUT2D eigenvalue weighted by atomic mass is 35.5. The molecule has 128 valence electrons. The van der Waals surface area contributed by atoms with Crippen LogP contribution in [0.3, 0.4) is 0 Å². The maximum absolute atomic E-state index is 12.1. The molecule has 0 aliphatic heterocycles. The molecule has 2 aromatic rings. The van der Waals surface area contributed by atoms with Crippen molar-refractivity contribution in [2.45, 2.75) is 6.92 Å². The van der Waals surface area contributed by atoms with Gasteiger partial charge in [-0.15, -0.1) is 24.8 Å². The molecule has 2 rings (SSSR count). The Morgan fingerprint density at radius 1 is 1.30 bits per heavy atom. The van der Waals surface area contributed by atoms with Gasteiger partial charge in [0.2, 0.25) is 5.91 Å². The van der Waals surface area contributed by atoms with Gasteiger partial charge in [0.15, 0.2) is 0 Å². The molecule has 0 aromatic carbocycles. The summed E-state index contributed by atoms with van der Waals surface area (Å²) in [7, 11) is 2.93. The van der Waals surface area contributed by atoms with Crippen LogP contribution in [0.15, 0.2) is 21.9 Å². The molecular formula is C13H19Cl2N5O3. The van der Waals surface area contributed by atoms with Gasteiger partial charge >= 0.3 is 5.69 Å². The molecule has 23 heavy (non-hydrogen) atoms. The van der Waals surface area contributed by atoms with Crippen LogP contribution in [0.5, 0.6) is 0 Å². The Morgan fingerprint density at radius 3 is 2.48 bits per heavy atom. The first-order valence-electron chi connectivity index (χ1n) is 6.43. The second-order valence-electron chi connectivity index (χ2n) is 4.93. The van der Waals surface area contributed by atoms with Crippen molar-refractivity contribution in [3.8, 4) is 0 Å². The molecule has 3 N–H and O–H groups in total. The van der Waals surface area contributed by atoms with Crippen molar-refractivity contribution in [3.05, 3.63) is 33.1 Å². The number of rotatable bonds is 3. The van der Waals surface area contributed by atoms with E-state index in [0.717, 1.165) is 4.57 Å². The van der Waals surface area contributed by atoms with Crippen molar-refractivity contribution in [1.82, 2.24) is 14.1 Å². The molecule has 0 radical (unpaired) electrons. The highest BCUT2D eigenvalue weighted by Gasteiger charge is 2.14. The normalized spacial score (nSPS) is 11.3. The Labute approximate surface area is 144 Å². The number of hydrogen-bond acceptors (Lipinski definition) is 5. The Hall–Kier alpha value is -1.90. The summed E-state index contributed by atoms with van der Waals surface area (Å²) in [5.41, 5.74) is 5.19. The summed E-state index contributed by atoms with van der Waals surface area (Å²) in [6.07, 6.45) is 1.41. The van der Waals surface area contributed by atoms with Gasteiger partial charge in [0, 0.05) is 26.6 Å². The second-order valence-corrected chi connectivity index (χ2v) is 4.93. The maximum Gasteiger partial charge on any atom is 0.332 e. The fraction of sp³-hybridized carbons (Fsp3) is 0.385. The molecule has 1 unspecified atom stereocenters. The lowest BCUT2D eigenvalue weighted by molar-refractivity contribution is -0.119. The van der Waals surface area contributed by atoms with E-state index in [2.05, 4.69) is 10.3 Å². The second kappa shape index (κ2) is 8.09. The van der Waals surface area contributed by atoms with E-state index >= 15 is 0 Å². The Kier molecular flexibility index (Phi) is 7.42. The van der Waals surface area contributed by atoms with Crippen LogP contribution >= 0.6 is 24.8 Å². The van der Waals surface area contributed by atoms with E-state index in [1.807, 2.05) is 0 Å². The fourth-order valence-corrected chi connectivity index (χ4v) is 1.91. The van der Waals surface area contributed by atoms with Crippen molar-refractivity contribution < 1.29 is 4.79 Å². The molecule has 0 saturated heterocycles. The zero-order valence-electron chi connectivity index (χ0n) is 12.9. The molecule has 2 heterocycles. The number of hydrogen-bond donors (Lipinski definition) is 2. The number of fused-ring (bicyclic) bond motifs is 1. The van der Waals surface area contributed by atoms with Crippen LogP contribution in [0.2, 0.25) is 0 Å². The maximum atomic E-state index is 12.1. The molecule has 0 aliphatic rings. The van der Waals surface area contributed by atoms with Gasteiger partial charge in [0.1, 0.15) is 5.65 Å². The first-order chi connectivity index (χ1) is 9.86. The summed E-state index contributed by atoms with van der Waals surface area (Å²) in [5, 5.41) is 2.91. The van der Waals surface area contributed by atoms with Crippen LogP contribution in [-0.2, 0) is 18.9 Å². The summed E-state index contributed by atoms with van der Waals surface area (Å²) < 4.78 is 2.28. The van der Waals surface area contributed by atoms with E-state index in [1.165, 1.54) is 30.9 Å². The molecule has 0 spiro atoms. The van der Waals surface area contributed by atoms with E-state index in [1.54, 1.807) is 6.92 Å². The van der Waals surface area contributed by atoms with Gasteiger partial charge < -0.3 is 11.1 Å². The van der Waals surface area contributed by atoms with Crippen LogP contribution < -0.4 is 22.3 Å². The average molecular weight is 364 g/mol. The molecule has 2 aromatic heterocycles. The number of nitrogens with two attached hydrogens (primary N) is 1. The van der Waals surface area contributed by atoms with Crippen molar-refractivity contribution in [1.29, 1.82) is 0 Å². The van der Waals surface area contributed by atoms with Gasteiger partial charge in [-0.3, -0.25) is 18.7 Å². The molecule has 0 bridgehead atoms. The highest BCUT2D eigenvalue weighted by Crippen LogP contribution is 2.12. The van der Waals surface area contributed by atoms with Gasteiger partial charge in [0.05, 0.1) is 17.3 Å². The van der Waals surface area contributed by atoms with Gasteiger partial charge in [-0.1, -0.05) is 6.92 Å². The number of carbonyl (C=O) groups is 1. The monoisotopic (exact) mass is 363 g/mol. The number of nitrogens with zero attached hydrogens (tertiary/aromatic N) is 3. The number of aryl methyl sites for hydroxylation is 1. The number of aromatic nitrogens is 3. The van der Waals surface area contributed by atoms with E-state index < -0.39 is 11.2 Å². The van der Waals surface area contributed by atoms with Gasteiger partial charge in [0.25, 0.3) is 5.56 Å². The Morgan fingerprint density at radius 2 is 1.91 bits per heavy atom. The third-order valence-corrected chi connectivity index (χ3v) is 3.36. The minimum Gasteiger partial charge on any atom is -0.330 e. The number of pyridine rings is 1. The minimum atomic E-state index is -0.455. The van der Waals surface area contributed by atoms with Crippen molar-refractivity contribution in [3.63, 3.8) is 0 Å². The molecule has 10 heteroatoms. The topological polar surface area (TPSA) is 112 Å². The van der Waals surface area contributed by atoms with Crippen LogP contribution in [0.25, 0.3) is 11.0 Å². The largest absolute Gasteiger partial charge is 0.332 e. The molecule has 0 saturated carbocycles. The SMILES string of the molecule is CC(CN)C(=O)Nc1cnc2c(c1)c(=O)n(C)c(=O)n2C.Cl.Cl. The van der Waals surface area contributed by atoms with Gasteiger partial charge in [-0.05, 0) is 6.07 Å². The predicted octanol–water partition coefficient (Wildman–Crippen LogP) is 0.00910. The van der Waals surface area contributed by atoms with Gasteiger partial charge in [-0.25, -0.2) is 9.78 Å². The van der Waals surface area contributed by atoms with E-state index in [9.17, 15) is 14.4 Å². The number of halogens is 2. The third-order valence-electron chi connectivity index (χ3n) is 3.36. The van der Waals surface area contributed by atoms with E-state index in [-0.39, 0.29) is 54.2 Å². The van der Waals surface area contributed by atoms with Crippen molar-refractivity contribution in [2.75, 3.05) is 11.9 Å². The summed E-state index contributed by atoms with van der Waals surface area (Å²) in [4.78, 5) is 39.8. The van der Waals surface area contributed by atoms with Crippen LogP contribution in [0.4, 0.5) is 5.69 Å². The Balaban J connectivity index is 0.00000242. The summed E-state index contributed by atoms with van der Waals surface area (Å²) in [6.45, 7) is 1.93. The number of amides is 1. The first kappa shape index (κ1) is 21.1. The summed E-state index contributed by atoms with van der Waals surface area (Å²) in [5.74, 6) is -0.594. The van der Waals surface area contributed by atoms with Crippen molar-refractivity contribution >= 4 is 47.4 Å². The molecule has 1 atom stereocenters. The minimum absolute atomic E-state index is 0. The lowest BCUT2D eigenvalue weighted by atomic mass is 10.1. The molecular weight excluding hydrogens is 345 g/mol. The summed E-state index contributed by atoms with van der Waals surface area (Å²) >= 11 is 0. The smallest absolute Gasteiger partial charge is 0.330 e. The number of nitrogens with one attached hydrogen (secondary N) is 1. The zero-order valence-corrected chi connectivity index (χ0v) is 14.5. The molecule has 0 aliphatic carbocycles. The van der Waals surface area contributed by atoms with Crippen LogP contribution in [0.1, 0.15) is 6.92 Å². The predicted molar refractivity (Wildman–Crippen MR) is 93.6 cm³/mol. The third kappa shape index (κ3) is 3.90.